The first-order valence-corrected chi connectivity index (χ1v) is 7.24. The Morgan fingerprint density at radius 1 is 1.17 bits per heavy atom. The second kappa shape index (κ2) is 5.87. The molecule has 0 amide bonds. The number of halogens is 2. The van der Waals surface area contributed by atoms with Gasteiger partial charge in [-0.2, -0.15) is 0 Å². The summed E-state index contributed by atoms with van der Waals surface area (Å²) >= 11 is 13.6. The van der Waals surface area contributed by atoms with Crippen molar-refractivity contribution in [1.82, 2.24) is 0 Å². The number of carbonyl (C=O) groups is 1. The predicted octanol–water partition coefficient (Wildman–Crippen LogP) is 5.04. The van der Waals surface area contributed by atoms with Crippen molar-refractivity contribution in [3.8, 4) is 0 Å². The Bertz CT molecular complexity index is 575. The van der Waals surface area contributed by atoms with Crippen LogP contribution >= 0.6 is 34.5 Å². The molecule has 0 aliphatic rings. The van der Waals surface area contributed by atoms with E-state index in [4.69, 9.17) is 23.2 Å². The van der Waals surface area contributed by atoms with Crippen molar-refractivity contribution in [2.75, 3.05) is 0 Å². The van der Waals surface area contributed by atoms with Crippen LogP contribution in [0.25, 0.3) is 0 Å². The maximum atomic E-state index is 12.1. The lowest BCUT2D eigenvalue weighted by Crippen LogP contribution is -2.03. The van der Waals surface area contributed by atoms with E-state index in [1.165, 1.54) is 4.88 Å². The monoisotopic (exact) mass is 298 g/mol. The lowest BCUT2D eigenvalue weighted by atomic mass is 10.1. The summed E-state index contributed by atoms with van der Waals surface area (Å²) in [5.74, 6) is 0.00648. The summed E-state index contributed by atoms with van der Waals surface area (Å²) < 4.78 is 0. The molecule has 0 radical (unpaired) electrons. The summed E-state index contributed by atoms with van der Waals surface area (Å²) in [5.41, 5.74) is 0.496. The number of aryl methyl sites for hydroxylation is 1. The highest BCUT2D eigenvalue weighted by Gasteiger charge is 2.14. The van der Waals surface area contributed by atoms with E-state index >= 15 is 0 Å². The number of ketones is 1. The molecule has 0 spiro atoms. The average molecular weight is 299 g/mol. The van der Waals surface area contributed by atoms with Gasteiger partial charge in [0.15, 0.2) is 5.78 Å². The van der Waals surface area contributed by atoms with Crippen LogP contribution in [-0.4, -0.2) is 5.78 Å². The Morgan fingerprint density at radius 3 is 2.56 bits per heavy atom. The van der Waals surface area contributed by atoms with Gasteiger partial charge in [0, 0.05) is 21.7 Å². The Labute approximate surface area is 120 Å². The standard InChI is InChI=1S/C14H12Cl2OS/c1-2-9-6-7-10(18-9)8-13(17)11-4-3-5-12(15)14(11)16/h3-7H,2,8H2,1H3. The Hall–Kier alpha value is -0.830. The molecule has 2 rings (SSSR count). The van der Waals surface area contributed by atoms with Gasteiger partial charge in [-0.05, 0) is 30.7 Å². The van der Waals surface area contributed by atoms with Crippen LogP contribution in [0.1, 0.15) is 27.0 Å². The third-order valence-electron chi connectivity index (χ3n) is 2.65. The van der Waals surface area contributed by atoms with Crippen LogP contribution in [-0.2, 0) is 12.8 Å². The summed E-state index contributed by atoms with van der Waals surface area (Å²) in [6.45, 7) is 2.10. The Balaban J connectivity index is 2.19. The predicted molar refractivity (Wildman–Crippen MR) is 78.2 cm³/mol. The van der Waals surface area contributed by atoms with Crippen LogP contribution < -0.4 is 0 Å². The van der Waals surface area contributed by atoms with Gasteiger partial charge in [-0.25, -0.2) is 0 Å². The van der Waals surface area contributed by atoms with E-state index in [0.29, 0.717) is 22.0 Å². The van der Waals surface area contributed by atoms with E-state index in [9.17, 15) is 4.79 Å². The number of Topliss-reactive ketones (excluding diaryl/α,β-unsaturated/α-hetero) is 1. The summed E-state index contributed by atoms with van der Waals surface area (Å²) in [6, 6.07) is 9.20. The molecule has 18 heavy (non-hydrogen) atoms. The summed E-state index contributed by atoms with van der Waals surface area (Å²) in [7, 11) is 0. The molecule has 4 heteroatoms. The van der Waals surface area contributed by atoms with E-state index in [1.807, 2.05) is 6.07 Å². The number of thiophene rings is 1. The SMILES string of the molecule is CCc1ccc(CC(=O)c2cccc(Cl)c2Cl)s1. The minimum absolute atomic E-state index is 0.00648. The first-order chi connectivity index (χ1) is 8.61. The summed E-state index contributed by atoms with van der Waals surface area (Å²) in [5, 5.41) is 0.763. The van der Waals surface area contributed by atoms with Gasteiger partial charge in [-0.3, -0.25) is 4.79 Å². The topological polar surface area (TPSA) is 17.1 Å². The average Bonchev–Trinajstić information content (AvgIpc) is 2.80. The maximum absolute atomic E-state index is 12.1. The van der Waals surface area contributed by atoms with Crippen LogP contribution in [0.5, 0.6) is 0 Å². The van der Waals surface area contributed by atoms with E-state index in [-0.39, 0.29) is 5.78 Å². The molecule has 1 heterocycles. The van der Waals surface area contributed by atoms with E-state index in [1.54, 1.807) is 29.5 Å². The Morgan fingerprint density at radius 2 is 1.89 bits per heavy atom. The molecule has 0 fully saturated rings. The molecule has 0 unspecified atom stereocenters. The molecule has 0 N–H and O–H groups in total. The van der Waals surface area contributed by atoms with E-state index < -0.39 is 0 Å². The van der Waals surface area contributed by atoms with E-state index in [2.05, 4.69) is 13.0 Å². The number of hydrogen-bond acceptors (Lipinski definition) is 2. The van der Waals surface area contributed by atoms with Crippen molar-refractivity contribution < 1.29 is 4.79 Å². The van der Waals surface area contributed by atoms with Crippen molar-refractivity contribution in [2.45, 2.75) is 19.8 Å². The second-order valence-corrected chi connectivity index (χ2v) is 5.96. The highest BCUT2D eigenvalue weighted by molar-refractivity contribution is 7.12. The lowest BCUT2D eigenvalue weighted by molar-refractivity contribution is 0.0994. The number of hydrogen-bond donors (Lipinski definition) is 0. The molecule has 1 nitrogen and oxygen atoms in total. The van der Waals surface area contributed by atoms with Gasteiger partial charge in [0.25, 0.3) is 0 Å². The van der Waals surface area contributed by atoms with Gasteiger partial charge >= 0.3 is 0 Å². The van der Waals surface area contributed by atoms with Gasteiger partial charge in [0.2, 0.25) is 0 Å². The molecule has 0 saturated carbocycles. The van der Waals surface area contributed by atoms with Gasteiger partial charge in [0.1, 0.15) is 0 Å². The molecule has 94 valence electrons. The number of carbonyl (C=O) groups excluding carboxylic acids is 1. The third-order valence-corrected chi connectivity index (χ3v) is 4.70. The highest BCUT2D eigenvalue weighted by atomic mass is 35.5. The molecule has 0 bridgehead atoms. The van der Waals surface area contributed by atoms with Crippen LogP contribution in [0.3, 0.4) is 0 Å². The van der Waals surface area contributed by atoms with Crippen LogP contribution in [0.15, 0.2) is 30.3 Å². The van der Waals surface area contributed by atoms with Crippen molar-refractivity contribution in [1.29, 1.82) is 0 Å². The second-order valence-electron chi connectivity index (χ2n) is 3.92. The van der Waals surface area contributed by atoms with Crippen molar-refractivity contribution in [3.63, 3.8) is 0 Å². The van der Waals surface area contributed by atoms with Crippen molar-refractivity contribution in [2.24, 2.45) is 0 Å². The van der Waals surface area contributed by atoms with Gasteiger partial charge < -0.3 is 0 Å². The fraction of sp³-hybridized carbons (Fsp3) is 0.214. The third kappa shape index (κ3) is 2.94. The number of benzene rings is 1. The van der Waals surface area contributed by atoms with Crippen molar-refractivity contribution in [3.05, 3.63) is 55.7 Å². The lowest BCUT2D eigenvalue weighted by Gasteiger charge is -2.03. The van der Waals surface area contributed by atoms with Gasteiger partial charge in [-0.15, -0.1) is 11.3 Å². The largest absolute Gasteiger partial charge is 0.294 e. The zero-order valence-electron chi connectivity index (χ0n) is 9.87. The molecule has 0 aliphatic carbocycles. The minimum Gasteiger partial charge on any atom is -0.294 e. The highest BCUT2D eigenvalue weighted by Crippen LogP contribution is 2.27. The van der Waals surface area contributed by atoms with Crippen LogP contribution in [0.4, 0.5) is 0 Å². The normalized spacial score (nSPS) is 10.6. The molecule has 0 saturated heterocycles. The smallest absolute Gasteiger partial charge is 0.169 e. The summed E-state index contributed by atoms with van der Waals surface area (Å²) in [4.78, 5) is 14.5. The van der Waals surface area contributed by atoms with Crippen LogP contribution in [0, 0.1) is 0 Å². The first kappa shape index (κ1) is 13.6. The van der Waals surface area contributed by atoms with Crippen molar-refractivity contribution >= 4 is 40.3 Å². The van der Waals surface area contributed by atoms with Crippen LogP contribution in [0.2, 0.25) is 10.0 Å². The molecule has 2 aromatic rings. The zero-order valence-corrected chi connectivity index (χ0v) is 12.2. The quantitative estimate of drug-likeness (QED) is 0.723. The van der Waals surface area contributed by atoms with E-state index in [0.717, 1.165) is 11.3 Å². The first-order valence-electron chi connectivity index (χ1n) is 5.66. The van der Waals surface area contributed by atoms with Gasteiger partial charge in [0.05, 0.1) is 10.0 Å². The molecule has 0 aliphatic heterocycles. The molecular formula is C14H12Cl2OS. The summed E-state index contributed by atoms with van der Waals surface area (Å²) in [6.07, 6.45) is 1.38. The van der Waals surface area contributed by atoms with Gasteiger partial charge in [-0.1, -0.05) is 36.2 Å². The zero-order chi connectivity index (χ0) is 13.1. The molecule has 0 atom stereocenters. The maximum Gasteiger partial charge on any atom is 0.169 e. The molecular weight excluding hydrogens is 287 g/mol. The molecule has 1 aromatic carbocycles. The minimum atomic E-state index is 0.00648. The number of rotatable bonds is 4. The molecule has 1 aromatic heterocycles. The fourth-order valence-electron chi connectivity index (χ4n) is 1.68. The fourth-order valence-corrected chi connectivity index (χ4v) is 3.04. The Kier molecular flexibility index (Phi) is 4.44.